The molecule has 6 heterocycles. The van der Waals surface area contributed by atoms with E-state index in [1.54, 1.807) is 21.1 Å². The number of ether oxygens (including phenoxy) is 1. The van der Waals surface area contributed by atoms with E-state index in [2.05, 4.69) is 27.5 Å². The van der Waals surface area contributed by atoms with Gasteiger partial charge >= 0.3 is 18.3 Å². The van der Waals surface area contributed by atoms with Crippen LogP contribution in [0.1, 0.15) is 54.5 Å². The van der Waals surface area contributed by atoms with Crippen LogP contribution in [0.5, 0.6) is 0 Å². The predicted molar refractivity (Wildman–Crippen MR) is 189 cm³/mol. The number of carbonyl (C=O) groups is 3. The standard InChI is InChI=1S/C35H45ClF3N7O4S/c1-40-31-26(35(37,38)39)15-21(16-27(31)36)17-29(32(47)44-12-10-43(11-13-44)25-18-23-3-4-24(19-25)42(23)2)50-34(49)45-8-5-22(6-9-45)46-20-30-28(7-14-51-30)41-33(46)48/h7,14-16,22-25,29,40H,3-6,8-13,17-20H2,1-2H3,(H,41,48)/t23?,24?,25?,29-/m1/s1. The fourth-order valence-electron chi connectivity index (χ4n) is 8.68. The Morgan fingerprint density at radius 2 is 1.69 bits per heavy atom. The Bertz CT molecular complexity index is 1610. The monoisotopic (exact) mass is 751 g/mol. The summed E-state index contributed by atoms with van der Waals surface area (Å²) in [6.45, 7) is 3.38. The first-order valence-electron chi connectivity index (χ1n) is 17.8. The quantitative estimate of drug-likeness (QED) is 0.370. The maximum absolute atomic E-state index is 14.1. The van der Waals surface area contributed by atoms with E-state index in [0.717, 1.165) is 29.5 Å². The zero-order valence-corrected chi connectivity index (χ0v) is 30.5. The van der Waals surface area contributed by atoms with E-state index in [1.165, 1.54) is 30.9 Å². The van der Waals surface area contributed by atoms with Gasteiger partial charge in [0.1, 0.15) is 0 Å². The Balaban J connectivity index is 1.03. The number of alkyl halides is 3. The third kappa shape index (κ3) is 7.49. The van der Waals surface area contributed by atoms with Gasteiger partial charge in [0.2, 0.25) is 0 Å². The topological polar surface area (TPSA) is 101 Å². The normalized spacial score (nSPS) is 25.4. The number of anilines is 2. The van der Waals surface area contributed by atoms with E-state index in [0.29, 0.717) is 76.8 Å². The van der Waals surface area contributed by atoms with Crippen molar-refractivity contribution in [1.29, 1.82) is 0 Å². The average Bonchev–Trinajstić information content (AvgIpc) is 3.63. The zero-order valence-electron chi connectivity index (χ0n) is 28.9. The van der Waals surface area contributed by atoms with Crippen LogP contribution in [0.15, 0.2) is 23.6 Å². The van der Waals surface area contributed by atoms with Gasteiger partial charge in [0.05, 0.1) is 28.5 Å². The van der Waals surface area contributed by atoms with Crippen LogP contribution in [0.2, 0.25) is 5.02 Å². The Morgan fingerprint density at radius 1 is 1.00 bits per heavy atom. The van der Waals surface area contributed by atoms with Gasteiger partial charge < -0.3 is 35.0 Å². The minimum absolute atomic E-state index is 0.0774. The Labute approximate surface area is 305 Å². The van der Waals surface area contributed by atoms with Gasteiger partial charge in [-0.15, -0.1) is 11.3 Å². The highest BCUT2D eigenvalue weighted by molar-refractivity contribution is 7.10. The number of piperazine rings is 1. The smallest absolute Gasteiger partial charge is 0.418 e. The molecule has 2 bridgehead atoms. The number of piperidine rings is 2. The number of rotatable bonds is 7. The number of carbonyl (C=O) groups excluding carboxylic acids is 3. The number of hydrogen-bond acceptors (Lipinski definition) is 8. The summed E-state index contributed by atoms with van der Waals surface area (Å²) in [5, 5.41) is 7.25. The number of fused-ring (bicyclic) bond motifs is 3. The van der Waals surface area contributed by atoms with Crippen LogP contribution in [-0.2, 0) is 28.7 Å². The van der Waals surface area contributed by atoms with E-state index in [9.17, 15) is 27.6 Å². The van der Waals surface area contributed by atoms with Crippen molar-refractivity contribution in [2.24, 2.45) is 0 Å². The molecule has 4 amide bonds. The van der Waals surface area contributed by atoms with Crippen molar-refractivity contribution < 1.29 is 32.3 Å². The molecule has 4 fully saturated rings. The van der Waals surface area contributed by atoms with Crippen molar-refractivity contribution in [3.63, 3.8) is 0 Å². The predicted octanol–water partition coefficient (Wildman–Crippen LogP) is 5.79. The lowest BCUT2D eigenvalue weighted by atomic mass is 9.96. The van der Waals surface area contributed by atoms with Gasteiger partial charge in [0, 0.05) is 81.8 Å². The summed E-state index contributed by atoms with van der Waals surface area (Å²) >= 11 is 7.88. The molecular formula is C35H45ClF3N7O4S. The molecule has 0 aliphatic carbocycles. The molecule has 1 aromatic heterocycles. The van der Waals surface area contributed by atoms with Crippen LogP contribution in [0.4, 0.5) is 34.1 Å². The first kappa shape index (κ1) is 36.1. The van der Waals surface area contributed by atoms with Crippen LogP contribution >= 0.6 is 22.9 Å². The molecule has 0 radical (unpaired) electrons. The molecule has 11 nitrogen and oxygen atoms in total. The van der Waals surface area contributed by atoms with E-state index in [1.807, 2.05) is 11.4 Å². The van der Waals surface area contributed by atoms with Crippen molar-refractivity contribution in [3.8, 4) is 0 Å². The minimum atomic E-state index is -4.70. The molecule has 5 aliphatic heterocycles. The van der Waals surface area contributed by atoms with E-state index >= 15 is 0 Å². The fourth-order valence-corrected chi connectivity index (χ4v) is 9.85. The largest absolute Gasteiger partial charge is 0.436 e. The van der Waals surface area contributed by atoms with Crippen molar-refractivity contribution >= 4 is 52.3 Å². The van der Waals surface area contributed by atoms with E-state index < -0.39 is 29.8 Å². The highest BCUT2D eigenvalue weighted by atomic mass is 35.5. The molecule has 7 rings (SSSR count). The second kappa shape index (κ2) is 14.6. The molecule has 2 unspecified atom stereocenters. The number of halogens is 4. The summed E-state index contributed by atoms with van der Waals surface area (Å²) in [6.07, 6.45) is -1.28. The van der Waals surface area contributed by atoms with Crippen molar-refractivity contribution in [2.45, 2.75) is 87.9 Å². The average molecular weight is 752 g/mol. The van der Waals surface area contributed by atoms with Crippen molar-refractivity contribution in [3.05, 3.63) is 44.6 Å². The molecule has 4 saturated heterocycles. The van der Waals surface area contributed by atoms with Crippen LogP contribution < -0.4 is 10.6 Å². The highest BCUT2D eigenvalue weighted by Crippen LogP contribution is 2.40. The third-order valence-electron chi connectivity index (χ3n) is 11.6. The molecule has 3 atom stereocenters. The van der Waals surface area contributed by atoms with Gasteiger partial charge in [-0.25, -0.2) is 9.59 Å². The van der Waals surface area contributed by atoms with Gasteiger partial charge in [-0.05, 0) is 74.7 Å². The van der Waals surface area contributed by atoms with Gasteiger partial charge in [0.25, 0.3) is 5.91 Å². The number of likely N-dealkylation sites (tertiary alicyclic amines) is 1. The van der Waals surface area contributed by atoms with Gasteiger partial charge in [-0.2, -0.15) is 13.2 Å². The number of thiophene rings is 1. The number of nitrogens with zero attached hydrogens (tertiary/aromatic N) is 5. The molecule has 16 heteroatoms. The number of nitrogens with one attached hydrogen (secondary N) is 2. The van der Waals surface area contributed by atoms with Gasteiger partial charge in [0.15, 0.2) is 6.10 Å². The van der Waals surface area contributed by atoms with Crippen LogP contribution in [0, 0.1) is 0 Å². The fraction of sp³-hybridized carbons (Fsp3) is 0.629. The lowest BCUT2D eigenvalue weighted by Crippen LogP contribution is -2.57. The summed E-state index contributed by atoms with van der Waals surface area (Å²) in [5.41, 5.74) is -0.242. The number of urea groups is 1. The molecule has 278 valence electrons. The lowest BCUT2D eigenvalue weighted by Gasteiger charge is -2.45. The van der Waals surface area contributed by atoms with Crippen molar-refractivity contribution in [2.75, 3.05) is 64.0 Å². The Kier molecular flexibility index (Phi) is 10.4. The maximum atomic E-state index is 14.1. The molecule has 5 aliphatic rings. The summed E-state index contributed by atoms with van der Waals surface area (Å²) in [6, 6.07) is 5.64. The summed E-state index contributed by atoms with van der Waals surface area (Å²) < 4.78 is 48.0. The second-order valence-electron chi connectivity index (χ2n) is 14.4. The summed E-state index contributed by atoms with van der Waals surface area (Å²) in [5.74, 6) is -0.430. The number of hydrogen-bond donors (Lipinski definition) is 2. The molecule has 0 spiro atoms. The number of amides is 4. The van der Waals surface area contributed by atoms with Crippen LogP contribution in [-0.4, -0.2) is 126 Å². The first-order valence-corrected chi connectivity index (χ1v) is 19.1. The van der Waals surface area contributed by atoms with Crippen LogP contribution in [0.25, 0.3) is 0 Å². The number of benzene rings is 1. The highest BCUT2D eigenvalue weighted by Gasteiger charge is 2.42. The zero-order chi connectivity index (χ0) is 36.0. The van der Waals surface area contributed by atoms with Crippen LogP contribution in [0.3, 0.4) is 0 Å². The Hall–Kier alpha value is -3.27. The van der Waals surface area contributed by atoms with E-state index in [-0.39, 0.29) is 34.8 Å². The maximum Gasteiger partial charge on any atom is 0.418 e. The minimum Gasteiger partial charge on any atom is -0.436 e. The van der Waals surface area contributed by atoms with Gasteiger partial charge in [-0.3, -0.25) is 9.69 Å². The third-order valence-corrected chi connectivity index (χ3v) is 12.8. The summed E-state index contributed by atoms with van der Waals surface area (Å²) in [4.78, 5) is 51.6. The molecule has 1 aromatic carbocycles. The molecular weight excluding hydrogens is 707 g/mol. The molecule has 51 heavy (non-hydrogen) atoms. The molecule has 2 N–H and O–H groups in total. The summed E-state index contributed by atoms with van der Waals surface area (Å²) in [7, 11) is 3.57. The van der Waals surface area contributed by atoms with Crippen molar-refractivity contribution in [1.82, 2.24) is 24.5 Å². The molecule has 2 aromatic rings. The van der Waals surface area contributed by atoms with E-state index in [4.69, 9.17) is 16.3 Å². The lowest BCUT2D eigenvalue weighted by molar-refractivity contribution is -0.143. The van der Waals surface area contributed by atoms with Gasteiger partial charge in [-0.1, -0.05) is 11.6 Å². The first-order chi connectivity index (χ1) is 24.4. The SMILES string of the molecule is CNc1c(Cl)cc(C[C@@H](OC(=O)N2CCC(N3Cc4sccc4NC3=O)CC2)C(=O)N2CCN(C3CC4CCC(C3)N4C)CC2)cc1C(F)(F)F. The Morgan fingerprint density at radius 3 is 2.33 bits per heavy atom. The second-order valence-corrected chi connectivity index (χ2v) is 15.8. The molecule has 0 saturated carbocycles.